The molecule has 0 radical (unpaired) electrons. The lowest BCUT2D eigenvalue weighted by Crippen LogP contribution is -2.35. The minimum atomic E-state index is -0.0924. The number of benzene rings is 1. The van der Waals surface area contributed by atoms with Crippen molar-refractivity contribution in [1.82, 2.24) is 4.90 Å². The molecule has 1 aromatic carbocycles. The van der Waals surface area contributed by atoms with E-state index < -0.39 is 0 Å². The average molecular weight is 267 g/mol. The summed E-state index contributed by atoms with van der Waals surface area (Å²) >= 11 is 0. The van der Waals surface area contributed by atoms with Crippen molar-refractivity contribution in [2.45, 2.75) is 12.8 Å². The predicted molar refractivity (Wildman–Crippen MR) is 72.1 cm³/mol. The third-order valence-corrected chi connectivity index (χ3v) is 2.85. The summed E-state index contributed by atoms with van der Waals surface area (Å²) in [6, 6.07) is 7.58. The van der Waals surface area contributed by atoms with Gasteiger partial charge in [0.1, 0.15) is 5.75 Å². The Labute approximate surface area is 113 Å². The molecule has 0 heterocycles. The lowest BCUT2D eigenvalue weighted by Gasteiger charge is -2.20. The fourth-order valence-electron chi connectivity index (χ4n) is 1.84. The Morgan fingerprint density at radius 1 is 1.26 bits per heavy atom. The molecule has 1 rings (SSSR count). The van der Waals surface area contributed by atoms with Crippen LogP contribution in [0.5, 0.6) is 5.75 Å². The van der Waals surface area contributed by atoms with Crippen molar-refractivity contribution in [3.63, 3.8) is 0 Å². The smallest absolute Gasteiger partial charge is 0.223 e. The molecular formula is C14H21NO4. The van der Waals surface area contributed by atoms with E-state index in [4.69, 9.17) is 14.9 Å². The normalized spacial score (nSPS) is 10.3. The van der Waals surface area contributed by atoms with Gasteiger partial charge in [-0.05, 0) is 24.1 Å². The van der Waals surface area contributed by atoms with Gasteiger partial charge in [0.15, 0.2) is 0 Å². The molecule has 0 fully saturated rings. The Balaban J connectivity index is 2.51. The Hall–Kier alpha value is -1.59. The molecule has 106 valence electrons. The lowest BCUT2D eigenvalue weighted by atomic mass is 10.1. The van der Waals surface area contributed by atoms with E-state index in [9.17, 15) is 4.79 Å². The maximum atomic E-state index is 11.9. The molecule has 2 N–H and O–H groups in total. The fourth-order valence-corrected chi connectivity index (χ4v) is 1.84. The molecule has 19 heavy (non-hydrogen) atoms. The van der Waals surface area contributed by atoms with Crippen LogP contribution in [0.3, 0.4) is 0 Å². The molecule has 0 spiro atoms. The van der Waals surface area contributed by atoms with Crippen molar-refractivity contribution in [2.75, 3.05) is 33.4 Å². The topological polar surface area (TPSA) is 70.0 Å². The summed E-state index contributed by atoms with van der Waals surface area (Å²) in [6.45, 7) is 0.338. The molecule has 0 saturated heterocycles. The Bertz CT molecular complexity index is 389. The summed E-state index contributed by atoms with van der Waals surface area (Å²) < 4.78 is 5.12. The zero-order valence-corrected chi connectivity index (χ0v) is 11.2. The molecule has 1 aromatic rings. The van der Waals surface area contributed by atoms with Crippen molar-refractivity contribution in [3.8, 4) is 5.75 Å². The Kier molecular flexibility index (Phi) is 6.92. The van der Waals surface area contributed by atoms with Gasteiger partial charge < -0.3 is 19.8 Å². The van der Waals surface area contributed by atoms with Gasteiger partial charge in [-0.1, -0.05) is 12.1 Å². The summed E-state index contributed by atoms with van der Waals surface area (Å²) in [5.41, 5.74) is 1.03. The summed E-state index contributed by atoms with van der Waals surface area (Å²) in [6.07, 6.45) is 0.969. The first-order chi connectivity index (χ1) is 9.21. The van der Waals surface area contributed by atoms with Crippen LogP contribution in [0.2, 0.25) is 0 Å². The number of aryl methyl sites for hydroxylation is 1. The van der Waals surface area contributed by atoms with E-state index in [1.807, 2.05) is 24.3 Å². The molecule has 0 saturated carbocycles. The minimum absolute atomic E-state index is 0.0640. The number of carbonyl (C=O) groups excluding carboxylic acids is 1. The molecule has 0 bridgehead atoms. The Morgan fingerprint density at radius 3 is 2.53 bits per heavy atom. The fraction of sp³-hybridized carbons (Fsp3) is 0.500. The number of aliphatic hydroxyl groups excluding tert-OH is 2. The van der Waals surface area contributed by atoms with Gasteiger partial charge in [-0.3, -0.25) is 4.79 Å². The highest BCUT2D eigenvalue weighted by Crippen LogP contribution is 2.14. The van der Waals surface area contributed by atoms with Gasteiger partial charge in [-0.15, -0.1) is 0 Å². The summed E-state index contributed by atoms with van der Waals surface area (Å²) in [5, 5.41) is 17.7. The number of methoxy groups -OCH3 is 1. The third kappa shape index (κ3) is 5.28. The van der Waals surface area contributed by atoms with Crippen LogP contribution >= 0.6 is 0 Å². The number of hydrogen-bond acceptors (Lipinski definition) is 4. The van der Waals surface area contributed by atoms with E-state index in [2.05, 4.69) is 0 Å². The van der Waals surface area contributed by atoms with Crippen molar-refractivity contribution in [3.05, 3.63) is 29.8 Å². The number of ether oxygens (including phenoxy) is 1. The Morgan fingerprint density at radius 2 is 1.95 bits per heavy atom. The van der Waals surface area contributed by atoms with E-state index in [1.165, 1.54) is 4.90 Å². The molecule has 0 atom stereocenters. The highest BCUT2D eigenvalue weighted by Gasteiger charge is 2.12. The number of aliphatic hydroxyl groups is 2. The van der Waals surface area contributed by atoms with Gasteiger partial charge in [0.05, 0.1) is 20.3 Å². The SMILES string of the molecule is COc1cccc(CCC(=O)N(CCO)CCO)c1. The molecule has 0 unspecified atom stereocenters. The quantitative estimate of drug-likeness (QED) is 0.717. The molecule has 1 amide bonds. The second kappa shape index (κ2) is 8.50. The van der Waals surface area contributed by atoms with Crippen molar-refractivity contribution in [1.29, 1.82) is 0 Å². The van der Waals surface area contributed by atoms with Gasteiger partial charge in [0, 0.05) is 19.5 Å². The molecule has 5 heteroatoms. The first-order valence-corrected chi connectivity index (χ1v) is 6.33. The van der Waals surface area contributed by atoms with Crippen LogP contribution in [0.1, 0.15) is 12.0 Å². The van der Waals surface area contributed by atoms with Gasteiger partial charge in [-0.2, -0.15) is 0 Å². The molecule has 0 aliphatic carbocycles. The molecule has 0 aliphatic heterocycles. The van der Waals surface area contributed by atoms with E-state index in [-0.39, 0.29) is 32.2 Å². The van der Waals surface area contributed by atoms with Crippen LogP contribution in [0.4, 0.5) is 0 Å². The van der Waals surface area contributed by atoms with Crippen LogP contribution < -0.4 is 4.74 Å². The largest absolute Gasteiger partial charge is 0.497 e. The lowest BCUT2D eigenvalue weighted by molar-refractivity contribution is -0.132. The van der Waals surface area contributed by atoms with Crippen LogP contribution in [-0.2, 0) is 11.2 Å². The molecule has 0 aromatic heterocycles. The summed E-state index contributed by atoms with van der Waals surface area (Å²) in [7, 11) is 1.61. The predicted octanol–water partition coefficient (Wildman–Crippen LogP) is 0.441. The van der Waals surface area contributed by atoms with Crippen molar-refractivity contribution >= 4 is 5.91 Å². The van der Waals surface area contributed by atoms with Gasteiger partial charge in [-0.25, -0.2) is 0 Å². The minimum Gasteiger partial charge on any atom is -0.497 e. The van der Waals surface area contributed by atoms with Crippen molar-refractivity contribution in [2.24, 2.45) is 0 Å². The van der Waals surface area contributed by atoms with Crippen LogP contribution in [0.15, 0.2) is 24.3 Å². The average Bonchev–Trinajstić information content (AvgIpc) is 2.44. The number of nitrogens with zero attached hydrogens (tertiary/aromatic N) is 1. The zero-order valence-electron chi connectivity index (χ0n) is 11.2. The van der Waals surface area contributed by atoms with E-state index >= 15 is 0 Å². The van der Waals surface area contributed by atoms with Crippen molar-refractivity contribution < 1.29 is 19.7 Å². The van der Waals surface area contributed by atoms with Gasteiger partial charge in [0.25, 0.3) is 0 Å². The van der Waals surface area contributed by atoms with Gasteiger partial charge in [0.2, 0.25) is 5.91 Å². The third-order valence-electron chi connectivity index (χ3n) is 2.85. The van der Waals surface area contributed by atoms with Crippen LogP contribution in [-0.4, -0.2) is 54.4 Å². The molecular weight excluding hydrogens is 246 g/mol. The highest BCUT2D eigenvalue weighted by atomic mass is 16.5. The first kappa shape index (κ1) is 15.5. The zero-order chi connectivity index (χ0) is 14.1. The first-order valence-electron chi connectivity index (χ1n) is 6.33. The standard InChI is InChI=1S/C14H21NO4/c1-19-13-4-2-3-12(11-13)5-6-14(18)15(7-9-16)8-10-17/h2-4,11,16-17H,5-10H2,1H3. The highest BCUT2D eigenvalue weighted by molar-refractivity contribution is 5.76. The number of amides is 1. The van der Waals surface area contributed by atoms with Gasteiger partial charge >= 0.3 is 0 Å². The summed E-state index contributed by atoms with van der Waals surface area (Å²) in [5.74, 6) is 0.707. The monoisotopic (exact) mass is 267 g/mol. The van der Waals surface area contributed by atoms with E-state index in [0.717, 1.165) is 11.3 Å². The van der Waals surface area contributed by atoms with Crippen LogP contribution in [0, 0.1) is 0 Å². The maximum absolute atomic E-state index is 11.9. The van der Waals surface area contributed by atoms with E-state index in [0.29, 0.717) is 12.8 Å². The van der Waals surface area contributed by atoms with Crippen LogP contribution in [0.25, 0.3) is 0 Å². The number of rotatable bonds is 8. The second-order valence-corrected chi connectivity index (χ2v) is 4.18. The molecule has 5 nitrogen and oxygen atoms in total. The van der Waals surface area contributed by atoms with E-state index in [1.54, 1.807) is 7.11 Å². The number of carbonyl (C=O) groups is 1. The maximum Gasteiger partial charge on any atom is 0.223 e. The molecule has 0 aliphatic rings. The second-order valence-electron chi connectivity index (χ2n) is 4.18. The summed E-state index contributed by atoms with van der Waals surface area (Å²) in [4.78, 5) is 13.4. The number of hydrogen-bond donors (Lipinski definition) is 2.